The van der Waals surface area contributed by atoms with Gasteiger partial charge in [0.2, 0.25) is 0 Å². The standard InChI is InChI=1S/C10H13NO3/c1-14-10(13)8-7(12)3-2-6-4-5-11-9(6)8/h6,12H,2-5H2,1H3. The largest absolute Gasteiger partial charge is 0.511 e. The van der Waals surface area contributed by atoms with Crippen molar-refractivity contribution in [3.63, 3.8) is 0 Å². The highest BCUT2D eigenvalue weighted by Gasteiger charge is 2.34. The topological polar surface area (TPSA) is 58.9 Å². The molecule has 0 bridgehead atoms. The van der Waals surface area contributed by atoms with Crippen molar-refractivity contribution < 1.29 is 14.6 Å². The third kappa shape index (κ3) is 1.31. The highest BCUT2D eigenvalue weighted by Crippen LogP contribution is 2.32. The van der Waals surface area contributed by atoms with E-state index in [2.05, 4.69) is 9.73 Å². The van der Waals surface area contributed by atoms with Gasteiger partial charge in [0.1, 0.15) is 11.3 Å². The summed E-state index contributed by atoms with van der Waals surface area (Å²) in [6.45, 7) is 0.758. The van der Waals surface area contributed by atoms with Crippen molar-refractivity contribution in [1.29, 1.82) is 0 Å². The van der Waals surface area contributed by atoms with Crippen molar-refractivity contribution >= 4 is 11.7 Å². The van der Waals surface area contributed by atoms with Crippen molar-refractivity contribution in [1.82, 2.24) is 0 Å². The molecule has 14 heavy (non-hydrogen) atoms. The Morgan fingerprint density at radius 1 is 1.57 bits per heavy atom. The number of methoxy groups -OCH3 is 1. The second-order valence-electron chi connectivity index (χ2n) is 3.60. The molecule has 1 aliphatic heterocycles. The minimum absolute atomic E-state index is 0.133. The molecule has 0 saturated carbocycles. The highest BCUT2D eigenvalue weighted by molar-refractivity contribution is 6.21. The number of nitrogens with zero attached hydrogens (tertiary/aromatic N) is 1. The van der Waals surface area contributed by atoms with Gasteiger partial charge in [0.05, 0.1) is 12.8 Å². The Balaban J connectivity index is 2.37. The number of allylic oxidation sites excluding steroid dienone is 1. The number of aliphatic imine (C=N–C) groups is 1. The minimum atomic E-state index is -0.465. The van der Waals surface area contributed by atoms with Crippen molar-refractivity contribution in [3.8, 4) is 0 Å². The number of hydrogen-bond donors (Lipinski definition) is 1. The summed E-state index contributed by atoms with van der Waals surface area (Å²) in [4.78, 5) is 15.7. The van der Waals surface area contributed by atoms with E-state index in [0.717, 1.165) is 25.1 Å². The third-order valence-electron chi connectivity index (χ3n) is 2.81. The molecule has 0 aromatic heterocycles. The predicted octanol–water partition coefficient (Wildman–Crippen LogP) is 1.23. The monoisotopic (exact) mass is 195 g/mol. The summed E-state index contributed by atoms with van der Waals surface area (Å²) < 4.78 is 4.63. The molecular formula is C10H13NO3. The number of hydrogen-bond acceptors (Lipinski definition) is 4. The Labute approximate surface area is 82.3 Å². The summed E-state index contributed by atoms with van der Waals surface area (Å²) in [5.41, 5.74) is 1.06. The molecule has 0 aromatic carbocycles. The zero-order chi connectivity index (χ0) is 10.1. The van der Waals surface area contributed by atoms with Gasteiger partial charge in [-0.3, -0.25) is 4.99 Å². The van der Waals surface area contributed by atoms with Crippen LogP contribution in [0.1, 0.15) is 19.3 Å². The lowest BCUT2D eigenvalue weighted by atomic mass is 9.85. The molecule has 2 rings (SSSR count). The van der Waals surface area contributed by atoms with E-state index in [-0.39, 0.29) is 5.76 Å². The maximum atomic E-state index is 11.4. The minimum Gasteiger partial charge on any atom is -0.511 e. The summed E-state index contributed by atoms with van der Waals surface area (Å²) in [5, 5.41) is 9.62. The number of carbonyl (C=O) groups is 1. The Kier molecular flexibility index (Phi) is 2.27. The van der Waals surface area contributed by atoms with E-state index in [9.17, 15) is 9.90 Å². The number of carbonyl (C=O) groups excluding carboxylic acids is 1. The van der Waals surface area contributed by atoms with Gasteiger partial charge in [0.15, 0.2) is 0 Å². The summed E-state index contributed by atoms with van der Waals surface area (Å²) in [7, 11) is 1.32. The van der Waals surface area contributed by atoms with Crippen LogP contribution in [0.5, 0.6) is 0 Å². The molecule has 0 radical (unpaired) electrons. The predicted molar refractivity (Wildman–Crippen MR) is 51.3 cm³/mol. The molecule has 1 heterocycles. The van der Waals surface area contributed by atoms with Crippen molar-refractivity contribution in [2.24, 2.45) is 10.9 Å². The molecule has 0 amide bonds. The van der Waals surface area contributed by atoms with Crippen LogP contribution in [0.3, 0.4) is 0 Å². The number of rotatable bonds is 1. The average molecular weight is 195 g/mol. The van der Waals surface area contributed by atoms with Gasteiger partial charge in [-0.25, -0.2) is 4.79 Å². The van der Waals surface area contributed by atoms with Gasteiger partial charge in [-0.2, -0.15) is 0 Å². The zero-order valence-electron chi connectivity index (χ0n) is 8.12. The van der Waals surface area contributed by atoms with E-state index in [1.165, 1.54) is 7.11 Å². The van der Waals surface area contributed by atoms with Crippen LogP contribution in [0.2, 0.25) is 0 Å². The number of esters is 1. The first kappa shape index (κ1) is 9.24. The lowest BCUT2D eigenvalue weighted by Gasteiger charge is -2.20. The van der Waals surface area contributed by atoms with Gasteiger partial charge in [-0.05, 0) is 12.8 Å². The van der Waals surface area contributed by atoms with Crippen molar-refractivity contribution in [3.05, 3.63) is 11.3 Å². The summed E-state index contributed by atoms with van der Waals surface area (Å²) >= 11 is 0. The van der Waals surface area contributed by atoms with Crippen LogP contribution in [-0.4, -0.2) is 30.4 Å². The van der Waals surface area contributed by atoms with Gasteiger partial charge in [-0.15, -0.1) is 0 Å². The van der Waals surface area contributed by atoms with Crippen LogP contribution in [0.25, 0.3) is 0 Å². The van der Waals surface area contributed by atoms with Crippen LogP contribution >= 0.6 is 0 Å². The zero-order valence-corrected chi connectivity index (χ0v) is 8.12. The Morgan fingerprint density at radius 2 is 2.36 bits per heavy atom. The summed E-state index contributed by atoms with van der Waals surface area (Å²) in [6, 6.07) is 0. The lowest BCUT2D eigenvalue weighted by molar-refractivity contribution is -0.135. The normalized spacial score (nSPS) is 25.8. The van der Waals surface area contributed by atoms with Gasteiger partial charge in [-0.1, -0.05) is 0 Å². The SMILES string of the molecule is COC(=O)C1=C(O)CCC2CCN=C12. The highest BCUT2D eigenvalue weighted by atomic mass is 16.5. The fourth-order valence-corrected chi connectivity index (χ4v) is 2.08. The molecule has 4 heteroatoms. The van der Waals surface area contributed by atoms with Crippen molar-refractivity contribution in [2.75, 3.05) is 13.7 Å². The van der Waals surface area contributed by atoms with Crippen molar-refractivity contribution in [2.45, 2.75) is 19.3 Å². The molecule has 1 atom stereocenters. The van der Waals surface area contributed by atoms with Gasteiger partial charge >= 0.3 is 5.97 Å². The Hall–Kier alpha value is -1.32. The molecule has 76 valence electrons. The smallest absolute Gasteiger partial charge is 0.343 e. The molecule has 1 aliphatic carbocycles. The molecular weight excluding hydrogens is 182 g/mol. The molecule has 0 saturated heterocycles. The molecule has 2 aliphatic rings. The van der Waals surface area contributed by atoms with E-state index in [1.54, 1.807) is 0 Å². The second-order valence-corrected chi connectivity index (χ2v) is 3.60. The van der Waals surface area contributed by atoms with E-state index in [4.69, 9.17) is 0 Å². The number of fused-ring (bicyclic) bond motifs is 1. The first-order chi connectivity index (χ1) is 6.74. The summed E-state index contributed by atoms with van der Waals surface area (Å²) in [5.74, 6) is 0.0154. The molecule has 1 N–H and O–H groups in total. The van der Waals surface area contributed by atoms with E-state index in [0.29, 0.717) is 17.9 Å². The second kappa shape index (κ2) is 3.44. The van der Waals surface area contributed by atoms with Crippen LogP contribution < -0.4 is 0 Å². The fourth-order valence-electron chi connectivity index (χ4n) is 2.08. The Bertz CT molecular complexity index is 330. The van der Waals surface area contributed by atoms with Crippen LogP contribution in [0, 0.1) is 5.92 Å². The number of aliphatic hydroxyl groups excluding tert-OH is 1. The Morgan fingerprint density at radius 3 is 3.07 bits per heavy atom. The van der Waals surface area contributed by atoms with Gasteiger partial charge in [0.25, 0.3) is 0 Å². The molecule has 0 spiro atoms. The van der Waals surface area contributed by atoms with Crippen LogP contribution in [-0.2, 0) is 9.53 Å². The number of ether oxygens (including phenoxy) is 1. The maximum Gasteiger partial charge on any atom is 0.343 e. The third-order valence-corrected chi connectivity index (χ3v) is 2.81. The lowest BCUT2D eigenvalue weighted by Crippen LogP contribution is -2.25. The average Bonchev–Trinajstić information content (AvgIpc) is 2.64. The number of aliphatic hydroxyl groups is 1. The first-order valence-corrected chi connectivity index (χ1v) is 4.79. The molecule has 0 aromatic rings. The molecule has 1 unspecified atom stereocenters. The molecule has 0 fully saturated rings. The first-order valence-electron chi connectivity index (χ1n) is 4.79. The molecule has 4 nitrogen and oxygen atoms in total. The summed E-state index contributed by atoms with van der Waals surface area (Å²) in [6.07, 6.45) is 2.45. The van der Waals surface area contributed by atoms with Gasteiger partial charge in [0, 0.05) is 18.9 Å². The fraction of sp³-hybridized carbons (Fsp3) is 0.600. The quantitative estimate of drug-likeness (QED) is 0.640. The van der Waals surface area contributed by atoms with Crippen LogP contribution in [0.15, 0.2) is 16.3 Å². The van der Waals surface area contributed by atoms with Gasteiger partial charge < -0.3 is 9.84 Å². The van der Waals surface area contributed by atoms with E-state index >= 15 is 0 Å². The van der Waals surface area contributed by atoms with E-state index < -0.39 is 5.97 Å². The van der Waals surface area contributed by atoms with E-state index in [1.807, 2.05) is 0 Å². The maximum absolute atomic E-state index is 11.4. The van der Waals surface area contributed by atoms with Crippen LogP contribution in [0.4, 0.5) is 0 Å².